The first kappa shape index (κ1) is 13.6. The molecule has 0 spiro atoms. The first-order valence-corrected chi connectivity index (χ1v) is 6.46. The van der Waals surface area contributed by atoms with Gasteiger partial charge in [-0.3, -0.25) is 4.79 Å². The second-order valence-corrected chi connectivity index (χ2v) is 4.81. The number of aliphatic carboxylic acids is 1. The maximum absolute atomic E-state index is 11.8. The predicted octanol–water partition coefficient (Wildman–Crippen LogP) is 1.62. The van der Waals surface area contributed by atoms with Crippen LogP contribution in [0.4, 0.5) is 0 Å². The molecule has 0 heterocycles. The molecule has 1 rings (SSSR count). The van der Waals surface area contributed by atoms with Crippen LogP contribution in [0.5, 0.6) is 0 Å². The highest BCUT2D eigenvalue weighted by Gasteiger charge is 2.26. The summed E-state index contributed by atoms with van der Waals surface area (Å²) in [5.41, 5.74) is 0.465. The quantitative estimate of drug-likeness (QED) is 0.837. The summed E-state index contributed by atoms with van der Waals surface area (Å²) in [7, 11) is 0. The first-order chi connectivity index (χ1) is 8.06. The van der Waals surface area contributed by atoms with Crippen LogP contribution in [-0.4, -0.2) is 34.5 Å². The van der Waals surface area contributed by atoms with E-state index in [9.17, 15) is 9.59 Å². The van der Waals surface area contributed by atoms with Crippen molar-refractivity contribution in [2.45, 2.75) is 18.2 Å². The lowest BCUT2D eigenvalue weighted by Crippen LogP contribution is -2.46. The van der Waals surface area contributed by atoms with Crippen LogP contribution in [0.25, 0.3) is 0 Å². The fraction of sp³-hybridized carbons (Fsp3) is 0.333. The molecule has 2 atom stereocenters. The van der Waals surface area contributed by atoms with Gasteiger partial charge in [-0.1, -0.05) is 25.1 Å². The van der Waals surface area contributed by atoms with Gasteiger partial charge >= 0.3 is 5.97 Å². The lowest BCUT2D eigenvalue weighted by molar-refractivity contribution is -0.139. The van der Waals surface area contributed by atoms with Gasteiger partial charge in [0.25, 0.3) is 5.91 Å². The molecule has 5 heteroatoms. The van der Waals surface area contributed by atoms with E-state index < -0.39 is 12.0 Å². The summed E-state index contributed by atoms with van der Waals surface area (Å²) in [6.07, 6.45) is 1.81. The zero-order valence-corrected chi connectivity index (χ0v) is 10.5. The van der Waals surface area contributed by atoms with Crippen molar-refractivity contribution in [3.05, 3.63) is 35.9 Å². The van der Waals surface area contributed by atoms with Crippen molar-refractivity contribution in [2.24, 2.45) is 0 Å². The smallest absolute Gasteiger partial charge is 0.327 e. The molecule has 1 amide bonds. The normalized spacial score (nSPS) is 13.8. The Balaban J connectivity index is 2.75. The van der Waals surface area contributed by atoms with Gasteiger partial charge in [0.15, 0.2) is 0 Å². The minimum atomic E-state index is -1.02. The SMILES string of the molecule is CSC(C)C(NC(=O)c1ccccc1)C(=O)O. The molecule has 0 aromatic heterocycles. The fourth-order valence-electron chi connectivity index (χ4n) is 1.33. The van der Waals surface area contributed by atoms with Gasteiger partial charge in [0, 0.05) is 10.8 Å². The number of rotatable bonds is 5. The maximum atomic E-state index is 11.8. The largest absolute Gasteiger partial charge is 0.480 e. The van der Waals surface area contributed by atoms with E-state index in [2.05, 4.69) is 5.32 Å². The van der Waals surface area contributed by atoms with Crippen LogP contribution in [0.1, 0.15) is 17.3 Å². The van der Waals surface area contributed by atoms with E-state index in [1.807, 2.05) is 6.26 Å². The van der Waals surface area contributed by atoms with E-state index in [4.69, 9.17) is 5.11 Å². The Bertz CT molecular complexity index is 394. The molecular weight excluding hydrogens is 238 g/mol. The number of carbonyl (C=O) groups is 2. The van der Waals surface area contributed by atoms with Crippen LogP contribution in [0.2, 0.25) is 0 Å². The zero-order chi connectivity index (χ0) is 12.8. The third kappa shape index (κ3) is 3.78. The third-order valence-corrected chi connectivity index (χ3v) is 3.45. The number of carbonyl (C=O) groups excluding carboxylic acids is 1. The predicted molar refractivity (Wildman–Crippen MR) is 68.3 cm³/mol. The van der Waals surface area contributed by atoms with Crippen LogP contribution < -0.4 is 5.32 Å². The van der Waals surface area contributed by atoms with Gasteiger partial charge in [-0.2, -0.15) is 11.8 Å². The van der Waals surface area contributed by atoms with Crippen molar-refractivity contribution in [3.63, 3.8) is 0 Å². The minimum absolute atomic E-state index is 0.180. The van der Waals surface area contributed by atoms with E-state index in [1.165, 1.54) is 11.8 Å². The maximum Gasteiger partial charge on any atom is 0.327 e. The molecular formula is C12H15NO3S. The summed E-state index contributed by atoms with van der Waals surface area (Å²) in [6.45, 7) is 1.77. The summed E-state index contributed by atoms with van der Waals surface area (Å²) >= 11 is 1.40. The van der Waals surface area contributed by atoms with E-state index >= 15 is 0 Å². The van der Waals surface area contributed by atoms with Crippen LogP contribution in [0, 0.1) is 0 Å². The summed E-state index contributed by atoms with van der Waals surface area (Å²) in [6, 6.07) is 7.70. The average Bonchev–Trinajstić information content (AvgIpc) is 2.35. The van der Waals surface area contributed by atoms with Crippen LogP contribution >= 0.6 is 11.8 Å². The van der Waals surface area contributed by atoms with E-state index in [-0.39, 0.29) is 11.2 Å². The van der Waals surface area contributed by atoms with E-state index in [0.717, 1.165) is 0 Å². The monoisotopic (exact) mass is 253 g/mol. The summed E-state index contributed by atoms with van der Waals surface area (Å²) in [4.78, 5) is 22.8. The van der Waals surface area contributed by atoms with Gasteiger partial charge in [0.05, 0.1) is 0 Å². The molecule has 17 heavy (non-hydrogen) atoms. The molecule has 1 aromatic carbocycles. The topological polar surface area (TPSA) is 66.4 Å². The molecule has 2 N–H and O–H groups in total. The minimum Gasteiger partial charge on any atom is -0.480 e. The van der Waals surface area contributed by atoms with E-state index in [0.29, 0.717) is 5.56 Å². The molecule has 0 bridgehead atoms. The molecule has 0 aliphatic rings. The Hall–Kier alpha value is -1.49. The zero-order valence-electron chi connectivity index (χ0n) is 9.71. The summed E-state index contributed by atoms with van der Waals surface area (Å²) in [5, 5.41) is 11.4. The highest BCUT2D eigenvalue weighted by molar-refractivity contribution is 7.99. The van der Waals surface area contributed by atoms with Gasteiger partial charge in [-0.25, -0.2) is 4.79 Å². The number of amides is 1. The Morgan fingerprint density at radius 2 is 1.88 bits per heavy atom. The molecule has 4 nitrogen and oxygen atoms in total. The molecule has 92 valence electrons. The molecule has 2 unspecified atom stereocenters. The van der Waals surface area contributed by atoms with Crippen molar-refractivity contribution in [3.8, 4) is 0 Å². The van der Waals surface area contributed by atoms with Crippen molar-refractivity contribution in [1.82, 2.24) is 5.32 Å². The Labute approximate surface area is 104 Å². The first-order valence-electron chi connectivity index (χ1n) is 5.17. The summed E-state index contributed by atoms with van der Waals surface area (Å²) in [5.74, 6) is -1.38. The van der Waals surface area contributed by atoms with Crippen LogP contribution in [0.15, 0.2) is 30.3 Å². The summed E-state index contributed by atoms with van der Waals surface area (Å²) < 4.78 is 0. The van der Waals surface area contributed by atoms with Gasteiger partial charge < -0.3 is 10.4 Å². The van der Waals surface area contributed by atoms with Gasteiger partial charge in [0.1, 0.15) is 6.04 Å². The Kier molecular flexibility index (Phi) is 5.03. The standard InChI is InChI=1S/C12H15NO3S/c1-8(17-2)10(12(15)16)13-11(14)9-6-4-3-5-7-9/h3-8,10H,1-2H3,(H,13,14)(H,15,16). The molecule has 1 aromatic rings. The molecule has 0 radical (unpaired) electrons. The Morgan fingerprint density at radius 3 is 2.35 bits per heavy atom. The van der Waals surface area contributed by atoms with Crippen LogP contribution in [0.3, 0.4) is 0 Å². The van der Waals surface area contributed by atoms with Gasteiger partial charge in [0.2, 0.25) is 0 Å². The third-order valence-electron chi connectivity index (χ3n) is 2.43. The number of nitrogens with one attached hydrogen (secondary N) is 1. The number of benzene rings is 1. The van der Waals surface area contributed by atoms with Gasteiger partial charge in [-0.15, -0.1) is 0 Å². The fourth-order valence-corrected chi connectivity index (χ4v) is 1.79. The number of hydrogen-bond acceptors (Lipinski definition) is 3. The second-order valence-electron chi connectivity index (χ2n) is 3.60. The second kappa shape index (κ2) is 6.30. The lowest BCUT2D eigenvalue weighted by Gasteiger charge is -2.19. The number of hydrogen-bond donors (Lipinski definition) is 2. The average molecular weight is 253 g/mol. The highest BCUT2D eigenvalue weighted by Crippen LogP contribution is 2.11. The van der Waals surface area contributed by atoms with Crippen molar-refractivity contribution in [1.29, 1.82) is 0 Å². The number of thioether (sulfide) groups is 1. The molecule has 0 saturated carbocycles. The van der Waals surface area contributed by atoms with Crippen LogP contribution in [-0.2, 0) is 4.79 Å². The van der Waals surface area contributed by atoms with Crippen molar-refractivity contribution >= 4 is 23.6 Å². The number of carboxylic acid groups (broad SMARTS) is 1. The highest BCUT2D eigenvalue weighted by atomic mass is 32.2. The van der Waals surface area contributed by atoms with Crippen molar-refractivity contribution in [2.75, 3.05) is 6.26 Å². The molecule has 0 saturated heterocycles. The van der Waals surface area contributed by atoms with Gasteiger partial charge in [-0.05, 0) is 18.4 Å². The van der Waals surface area contributed by atoms with E-state index in [1.54, 1.807) is 37.3 Å². The molecule has 0 fully saturated rings. The van der Waals surface area contributed by atoms with Crippen molar-refractivity contribution < 1.29 is 14.7 Å². The lowest BCUT2D eigenvalue weighted by atomic mass is 10.1. The molecule has 0 aliphatic heterocycles. The Morgan fingerprint density at radius 1 is 1.29 bits per heavy atom. The number of carboxylic acids is 1. The molecule has 0 aliphatic carbocycles.